The molecule has 2 N–H and O–H groups in total. The molecular weight excluding hydrogens is 275 g/mol. The zero-order valence-electron chi connectivity index (χ0n) is 10.8. The van der Waals surface area contributed by atoms with Gasteiger partial charge in [-0.25, -0.2) is 4.98 Å². The number of alkyl halides is 3. The van der Waals surface area contributed by atoms with Gasteiger partial charge in [0, 0.05) is 24.5 Å². The summed E-state index contributed by atoms with van der Waals surface area (Å²) in [5.74, 6) is -1.24. The molecule has 1 aromatic rings. The van der Waals surface area contributed by atoms with Crippen LogP contribution in [-0.2, 0) is 13.0 Å². The van der Waals surface area contributed by atoms with Gasteiger partial charge >= 0.3 is 6.18 Å². The minimum Gasteiger partial charge on any atom is -0.347 e. The second-order valence-electron chi connectivity index (χ2n) is 4.75. The Bertz CT molecular complexity index is 409. The third-order valence-electron chi connectivity index (χ3n) is 3.44. The number of nitrogens with two attached hydrogens (primary N) is 1. The monoisotopic (exact) mass is 293 g/mol. The number of halogens is 3. The lowest BCUT2D eigenvalue weighted by molar-refractivity contribution is -0.175. The average molecular weight is 293 g/mol. The second kappa shape index (κ2) is 5.66. The van der Waals surface area contributed by atoms with E-state index in [1.165, 1.54) is 11.3 Å². The number of rotatable bonds is 3. The standard InChI is InChI=1S/C12H18F3N3S/c1-2-9-10(6-16)19-11(17-9)18-5-3-4-8(7-18)12(13,14)15/h8H,2-7,16H2,1H3. The summed E-state index contributed by atoms with van der Waals surface area (Å²) in [5.41, 5.74) is 6.55. The topological polar surface area (TPSA) is 42.2 Å². The maximum atomic E-state index is 12.8. The minimum absolute atomic E-state index is 0.0180. The fourth-order valence-corrected chi connectivity index (χ4v) is 3.42. The number of piperidine rings is 1. The van der Waals surface area contributed by atoms with E-state index >= 15 is 0 Å². The summed E-state index contributed by atoms with van der Waals surface area (Å²) in [6.45, 7) is 3.04. The fraction of sp³-hybridized carbons (Fsp3) is 0.750. The van der Waals surface area contributed by atoms with Gasteiger partial charge in [-0.2, -0.15) is 13.2 Å². The van der Waals surface area contributed by atoms with E-state index in [4.69, 9.17) is 5.73 Å². The van der Waals surface area contributed by atoms with Crippen LogP contribution >= 0.6 is 11.3 Å². The van der Waals surface area contributed by atoms with Gasteiger partial charge in [-0.3, -0.25) is 0 Å². The smallest absolute Gasteiger partial charge is 0.347 e. The van der Waals surface area contributed by atoms with Crippen molar-refractivity contribution in [1.82, 2.24) is 4.98 Å². The molecule has 1 unspecified atom stereocenters. The number of aryl methyl sites for hydroxylation is 1. The summed E-state index contributed by atoms with van der Waals surface area (Å²) >= 11 is 1.43. The molecule has 1 fully saturated rings. The molecular formula is C12H18F3N3S. The van der Waals surface area contributed by atoms with Gasteiger partial charge in [-0.1, -0.05) is 6.92 Å². The molecule has 0 amide bonds. The molecule has 1 saturated heterocycles. The van der Waals surface area contributed by atoms with Gasteiger partial charge in [-0.05, 0) is 19.3 Å². The summed E-state index contributed by atoms with van der Waals surface area (Å²) in [6, 6.07) is 0. The molecule has 0 aromatic carbocycles. The van der Waals surface area contributed by atoms with E-state index in [1.807, 2.05) is 6.92 Å². The molecule has 0 saturated carbocycles. The highest BCUT2D eigenvalue weighted by molar-refractivity contribution is 7.15. The summed E-state index contributed by atoms with van der Waals surface area (Å²) in [7, 11) is 0. The number of hydrogen-bond acceptors (Lipinski definition) is 4. The number of thiazole rings is 1. The van der Waals surface area contributed by atoms with Crippen LogP contribution in [0.15, 0.2) is 0 Å². The van der Waals surface area contributed by atoms with E-state index in [2.05, 4.69) is 4.98 Å². The zero-order valence-corrected chi connectivity index (χ0v) is 11.7. The van der Waals surface area contributed by atoms with Crippen LogP contribution in [0.5, 0.6) is 0 Å². The largest absolute Gasteiger partial charge is 0.393 e. The molecule has 0 spiro atoms. The van der Waals surface area contributed by atoms with E-state index in [9.17, 15) is 13.2 Å². The lowest BCUT2D eigenvalue weighted by Crippen LogP contribution is -2.41. The molecule has 1 aliphatic heterocycles. The van der Waals surface area contributed by atoms with Crippen molar-refractivity contribution in [2.24, 2.45) is 11.7 Å². The zero-order chi connectivity index (χ0) is 14.0. The number of anilines is 1. The van der Waals surface area contributed by atoms with Crippen LogP contribution in [0, 0.1) is 5.92 Å². The van der Waals surface area contributed by atoms with Crippen molar-refractivity contribution >= 4 is 16.5 Å². The highest BCUT2D eigenvalue weighted by Crippen LogP contribution is 2.36. The Hall–Kier alpha value is -0.820. The average Bonchev–Trinajstić information content (AvgIpc) is 2.81. The first kappa shape index (κ1) is 14.6. The van der Waals surface area contributed by atoms with E-state index < -0.39 is 12.1 Å². The van der Waals surface area contributed by atoms with Crippen LogP contribution < -0.4 is 10.6 Å². The van der Waals surface area contributed by atoms with Crippen molar-refractivity contribution in [2.75, 3.05) is 18.0 Å². The summed E-state index contributed by atoms with van der Waals surface area (Å²) in [6.07, 6.45) is -2.57. The van der Waals surface area contributed by atoms with Crippen LogP contribution in [0.25, 0.3) is 0 Å². The van der Waals surface area contributed by atoms with Crippen molar-refractivity contribution in [3.05, 3.63) is 10.6 Å². The first-order chi connectivity index (χ1) is 8.95. The molecule has 0 radical (unpaired) electrons. The third-order valence-corrected chi connectivity index (χ3v) is 4.62. The second-order valence-corrected chi connectivity index (χ2v) is 5.81. The predicted octanol–water partition coefficient (Wildman–Crippen LogP) is 2.94. The summed E-state index contributed by atoms with van der Waals surface area (Å²) < 4.78 is 38.4. The van der Waals surface area contributed by atoms with Crippen LogP contribution in [-0.4, -0.2) is 24.2 Å². The van der Waals surface area contributed by atoms with Crippen molar-refractivity contribution in [3.63, 3.8) is 0 Å². The Labute approximate surface area is 114 Å². The van der Waals surface area contributed by atoms with Gasteiger partial charge in [0.05, 0.1) is 11.6 Å². The van der Waals surface area contributed by atoms with Gasteiger partial charge < -0.3 is 10.6 Å². The highest BCUT2D eigenvalue weighted by Gasteiger charge is 2.42. The number of aromatic nitrogens is 1. The normalized spacial score (nSPS) is 20.9. The predicted molar refractivity (Wildman–Crippen MR) is 70.4 cm³/mol. The van der Waals surface area contributed by atoms with Crippen molar-refractivity contribution in [1.29, 1.82) is 0 Å². The van der Waals surface area contributed by atoms with Crippen molar-refractivity contribution < 1.29 is 13.2 Å². The third kappa shape index (κ3) is 3.20. The van der Waals surface area contributed by atoms with E-state index in [0.29, 0.717) is 24.6 Å². The minimum atomic E-state index is -4.11. The van der Waals surface area contributed by atoms with Crippen molar-refractivity contribution in [2.45, 2.75) is 38.9 Å². The summed E-state index contributed by atoms with van der Waals surface area (Å²) in [5, 5.41) is 0.686. The molecule has 0 bridgehead atoms. The lowest BCUT2D eigenvalue weighted by atomic mass is 9.98. The Morgan fingerprint density at radius 1 is 1.47 bits per heavy atom. The maximum Gasteiger partial charge on any atom is 0.393 e. The Morgan fingerprint density at radius 3 is 2.74 bits per heavy atom. The molecule has 0 aliphatic carbocycles. The van der Waals surface area contributed by atoms with E-state index in [0.717, 1.165) is 17.0 Å². The van der Waals surface area contributed by atoms with Gasteiger partial charge in [0.2, 0.25) is 0 Å². The van der Waals surface area contributed by atoms with Crippen LogP contribution in [0.3, 0.4) is 0 Å². The molecule has 7 heteroatoms. The van der Waals surface area contributed by atoms with E-state index in [-0.39, 0.29) is 13.0 Å². The SMILES string of the molecule is CCc1nc(N2CCCC(C(F)(F)F)C2)sc1CN. The van der Waals surface area contributed by atoms with Crippen LogP contribution in [0.1, 0.15) is 30.3 Å². The molecule has 1 atom stereocenters. The molecule has 3 nitrogen and oxygen atoms in total. The van der Waals surface area contributed by atoms with Gasteiger partial charge in [-0.15, -0.1) is 11.3 Å². The van der Waals surface area contributed by atoms with Crippen LogP contribution in [0.4, 0.5) is 18.3 Å². The van der Waals surface area contributed by atoms with Crippen molar-refractivity contribution in [3.8, 4) is 0 Å². The molecule has 2 rings (SSSR count). The highest BCUT2D eigenvalue weighted by atomic mass is 32.1. The molecule has 108 valence electrons. The molecule has 1 aliphatic rings. The van der Waals surface area contributed by atoms with Crippen LogP contribution in [0.2, 0.25) is 0 Å². The summed E-state index contributed by atoms with van der Waals surface area (Å²) in [4.78, 5) is 7.17. The molecule has 1 aromatic heterocycles. The maximum absolute atomic E-state index is 12.8. The Kier molecular flexibility index (Phi) is 4.35. The quantitative estimate of drug-likeness (QED) is 0.931. The fourth-order valence-electron chi connectivity index (χ4n) is 2.36. The van der Waals surface area contributed by atoms with Gasteiger partial charge in [0.1, 0.15) is 0 Å². The first-order valence-electron chi connectivity index (χ1n) is 6.46. The molecule has 19 heavy (non-hydrogen) atoms. The first-order valence-corrected chi connectivity index (χ1v) is 7.27. The Balaban J connectivity index is 2.15. The Morgan fingerprint density at radius 2 is 2.21 bits per heavy atom. The van der Waals surface area contributed by atoms with Gasteiger partial charge in [0.25, 0.3) is 0 Å². The number of hydrogen-bond donors (Lipinski definition) is 1. The van der Waals surface area contributed by atoms with Gasteiger partial charge in [0.15, 0.2) is 5.13 Å². The van der Waals surface area contributed by atoms with E-state index in [1.54, 1.807) is 4.90 Å². The number of nitrogens with zero attached hydrogens (tertiary/aromatic N) is 2. The molecule has 2 heterocycles. The lowest BCUT2D eigenvalue weighted by Gasteiger charge is -2.33.